The molecule has 6 nitrogen and oxygen atoms in total. The van der Waals surface area contributed by atoms with Crippen LogP contribution in [-0.4, -0.2) is 26.4 Å². The van der Waals surface area contributed by atoms with Crippen LogP contribution in [0.25, 0.3) is 22.6 Å². The van der Waals surface area contributed by atoms with E-state index in [0.29, 0.717) is 16.7 Å². The topological polar surface area (TPSA) is 73.0 Å². The molecule has 2 heterocycles. The van der Waals surface area contributed by atoms with E-state index in [0.717, 1.165) is 27.6 Å². The first-order chi connectivity index (χ1) is 14.0. The quantitative estimate of drug-likeness (QED) is 0.387. The highest BCUT2D eigenvalue weighted by atomic mass is 79.9. The van der Waals surface area contributed by atoms with Crippen molar-refractivity contribution in [2.45, 2.75) is 18.5 Å². The van der Waals surface area contributed by atoms with Crippen LogP contribution in [0.2, 0.25) is 0 Å². The number of halogens is 1. The zero-order chi connectivity index (χ0) is 20.4. The van der Waals surface area contributed by atoms with Crippen LogP contribution >= 0.6 is 27.7 Å². The maximum absolute atomic E-state index is 12.3. The van der Waals surface area contributed by atoms with Gasteiger partial charge in [-0.2, -0.15) is 0 Å². The van der Waals surface area contributed by atoms with Gasteiger partial charge in [-0.3, -0.25) is 4.79 Å². The number of nitrogens with zero attached hydrogens (tertiary/aromatic N) is 3. The van der Waals surface area contributed by atoms with E-state index in [2.05, 4.69) is 38.4 Å². The summed E-state index contributed by atoms with van der Waals surface area (Å²) < 4.78 is 8.72. The SMILES string of the molecule is CCc1ccc(NC(=O)CSc2nnc(-c3cc4cc(Br)ccc4o3)n2C)cc1. The lowest BCUT2D eigenvalue weighted by Gasteiger charge is -2.06. The highest BCUT2D eigenvalue weighted by molar-refractivity contribution is 9.10. The van der Waals surface area contributed by atoms with Crippen LogP contribution < -0.4 is 5.32 Å². The Labute approximate surface area is 180 Å². The number of rotatable bonds is 6. The number of thioether (sulfide) groups is 1. The number of amides is 1. The molecule has 2 aromatic carbocycles. The summed E-state index contributed by atoms with van der Waals surface area (Å²) in [5.74, 6) is 1.42. The van der Waals surface area contributed by atoms with E-state index in [-0.39, 0.29) is 11.7 Å². The van der Waals surface area contributed by atoms with Gasteiger partial charge in [-0.15, -0.1) is 10.2 Å². The normalized spacial score (nSPS) is 11.1. The van der Waals surface area contributed by atoms with E-state index in [9.17, 15) is 4.79 Å². The predicted molar refractivity (Wildman–Crippen MR) is 119 cm³/mol. The number of nitrogens with one attached hydrogen (secondary N) is 1. The summed E-state index contributed by atoms with van der Waals surface area (Å²) in [4.78, 5) is 12.3. The van der Waals surface area contributed by atoms with Crippen LogP contribution in [-0.2, 0) is 18.3 Å². The van der Waals surface area contributed by atoms with Crippen molar-refractivity contribution in [2.24, 2.45) is 7.05 Å². The third-order valence-electron chi connectivity index (χ3n) is 4.51. The standard InChI is InChI=1S/C21H19BrN4O2S/c1-3-13-4-7-16(8-5-13)23-19(27)12-29-21-25-24-20(26(21)2)18-11-14-10-15(22)6-9-17(14)28-18/h4-11H,3,12H2,1-2H3,(H,23,27). The third-order valence-corrected chi connectivity index (χ3v) is 6.03. The minimum Gasteiger partial charge on any atom is -0.453 e. The molecule has 29 heavy (non-hydrogen) atoms. The number of fused-ring (bicyclic) bond motifs is 1. The van der Waals surface area contributed by atoms with Crippen LogP contribution in [0, 0.1) is 0 Å². The van der Waals surface area contributed by atoms with Crippen LogP contribution in [0.15, 0.2) is 62.6 Å². The molecule has 148 valence electrons. The second-order valence-corrected chi connectivity index (χ2v) is 8.40. The first kappa shape index (κ1) is 19.7. The molecule has 0 fully saturated rings. The van der Waals surface area contributed by atoms with E-state index in [4.69, 9.17) is 4.42 Å². The number of anilines is 1. The third kappa shape index (κ3) is 4.38. The fourth-order valence-corrected chi connectivity index (χ4v) is 4.02. The van der Waals surface area contributed by atoms with Gasteiger partial charge in [0, 0.05) is 22.6 Å². The number of carbonyl (C=O) groups is 1. The van der Waals surface area contributed by atoms with Gasteiger partial charge in [-0.25, -0.2) is 0 Å². The Morgan fingerprint density at radius 1 is 1.17 bits per heavy atom. The molecule has 0 saturated heterocycles. The molecule has 1 amide bonds. The van der Waals surface area contributed by atoms with Gasteiger partial charge in [0.05, 0.1) is 5.75 Å². The van der Waals surface area contributed by atoms with Gasteiger partial charge >= 0.3 is 0 Å². The molecular weight excluding hydrogens is 452 g/mol. The van der Waals surface area contributed by atoms with Gasteiger partial charge < -0.3 is 14.3 Å². The van der Waals surface area contributed by atoms with E-state index in [1.54, 1.807) is 0 Å². The van der Waals surface area contributed by atoms with Crippen molar-refractivity contribution in [2.75, 3.05) is 11.1 Å². The highest BCUT2D eigenvalue weighted by Gasteiger charge is 2.16. The number of benzene rings is 2. The zero-order valence-electron chi connectivity index (χ0n) is 16.0. The summed E-state index contributed by atoms with van der Waals surface area (Å²) in [5.41, 5.74) is 2.82. The van der Waals surface area contributed by atoms with E-state index < -0.39 is 0 Å². The number of aryl methyl sites for hydroxylation is 1. The molecule has 0 aliphatic rings. The number of aromatic nitrogens is 3. The maximum Gasteiger partial charge on any atom is 0.234 e. The predicted octanol–water partition coefficient (Wildman–Crippen LogP) is 5.28. The maximum atomic E-state index is 12.3. The summed E-state index contributed by atoms with van der Waals surface area (Å²) in [6.07, 6.45) is 0.973. The van der Waals surface area contributed by atoms with Gasteiger partial charge in [-0.1, -0.05) is 46.7 Å². The minimum absolute atomic E-state index is 0.0858. The van der Waals surface area contributed by atoms with E-state index in [1.165, 1.54) is 17.3 Å². The molecular formula is C21H19BrN4O2S. The van der Waals surface area contributed by atoms with Crippen molar-refractivity contribution < 1.29 is 9.21 Å². The summed E-state index contributed by atoms with van der Waals surface area (Å²) in [6, 6.07) is 15.6. The van der Waals surface area contributed by atoms with Crippen molar-refractivity contribution in [3.8, 4) is 11.6 Å². The summed E-state index contributed by atoms with van der Waals surface area (Å²) >= 11 is 4.80. The monoisotopic (exact) mass is 470 g/mol. The van der Waals surface area contributed by atoms with Crippen molar-refractivity contribution in [3.05, 3.63) is 58.6 Å². The summed E-state index contributed by atoms with van der Waals surface area (Å²) in [5, 5.41) is 13.0. The molecule has 0 aliphatic carbocycles. The highest BCUT2D eigenvalue weighted by Crippen LogP contribution is 2.30. The number of hydrogen-bond donors (Lipinski definition) is 1. The fourth-order valence-electron chi connectivity index (χ4n) is 2.93. The Balaban J connectivity index is 1.43. The van der Waals surface area contributed by atoms with Crippen LogP contribution in [0.4, 0.5) is 5.69 Å². The molecule has 0 aliphatic heterocycles. The summed E-state index contributed by atoms with van der Waals surface area (Å²) in [6.45, 7) is 2.10. The number of furan rings is 1. The van der Waals surface area contributed by atoms with Gasteiger partial charge in [0.2, 0.25) is 5.91 Å². The molecule has 0 atom stereocenters. The smallest absolute Gasteiger partial charge is 0.234 e. The van der Waals surface area contributed by atoms with E-state index in [1.807, 2.05) is 60.1 Å². The molecule has 0 saturated carbocycles. The molecule has 1 N–H and O–H groups in total. The lowest BCUT2D eigenvalue weighted by Crippen LogP contribution is -2.14. The molecule has 8 heteroatoms. The fraction of sp³-hybridized carbons (Fsp3) is 0.190. The Morgan fingerprint density at radius 3 is 2.72 bits per heavy atom. The zero-order valence-corrected chi connectivity index (χ0v) is 18.4. The molecule has 4 aromatic rings. The molecule has 0 spiro atoms. The average molecular weight is 471 g/mol. The molecule has 4 rings (SSSR count). The van der Waals surface area contributed by atoms with Crippen molar-refractivity contribution in [3.63, 3.8) is 0 Å². The molecule has 2 aromatic heterocycles. The Hall–Kier alpha value is -2.58. The second-order valence-electron chi connectivity index (χ2n) is 6.55. The lowest BCUT2D eigenvalue weighted by atomic mass is 10.1. The van der Waals surface area contributed by atoms with Crippen molar-refractivity contribution in [1.82, 2.24) is 14.8 Å². The van der Waals surface area contributed by atoms with Gasteiger partial charge in [0.25, 0.3) is 0 Å². The van der Waals surface area contributed by atoms with Crippen LogP contribution in [0.3, 0.4) is 0 Å². The lowest BCUT2D eigenvalue weighted by molar-refractivity contribution is -0.113. The van der Waals surface area contributed by atoms with Crippen LogP contribution in [0.5, 0.6) is 0 Å². The first-order valence-electron chi connectivity index (χ1n) is 9.14. The minimum atomic E-state index is -0.0858. The Kier molecular flexibility index (Phi) is 5.73. The molecule has 0 radical (unpaired) electrons. The van der Waals surface area contributed by atoms with Crippen molar-refractivity contribution in [1.29, 1.82) is 0 Å². The Morgan fingerprint density at radius 2 is 1.97 bits per heavy atom. The average Bonchev–Trinajstić information content (AvgIpc) is 3.29. The molecule has 0 unspecified atom stereocenters. The first-order valence-corrected chi connectivity index (χ1v) is 10.9. The largest absolute Gasteiger partial charge is 0.453 e. The van der Waals surface area contributed by atoms with Gasteiger partial charge in [0.15, 0.2) is 16.7 Å². The van der Waals surface area contributed by atoms with Crippen LogP contribution in [0.1, 0.15) is 12.5 Å². The second kappa shape index (κ2) is 8.42. The van der Waals surface area contributed by atoms with E-state index >= 15 is 0 Å². The summed E-state index contributed by atoms with van der Waals surface area (Å²) in [7, 11) is 1.86. The molecule has 0 bridgehead atoms. The van der Waals surface area contributed by atoms with Gasteiger partial charge in [0.1, 0.15) is 5.58 Å². The van der Waals surface area contributed by atoms with Gasteiger partial charge in [-0.05, 0) is 48.4 Å². The number of hydrogen-bond acceptors (Lipinski definition) is 5. The Bertz CT molecular complexity index is 1170. The number of carbonyl (C=O) groups excluding carboxylic acids is 1. The van der Waals surface area contributed by atoms with Crippen molar-refractivity contribution >= 4 is 50.3 Å².